The molecule has 0 bridgehead atoms. The Morgan fingerprint density at radius 2 is 1.87 bits per heavy atom. The maximum absolute atomic E-state index is 4.27. The summed E-state index contributed by atoms with van der Waals surface area (Å²) in [7, 11) is 2.05. The van der Waals surface area contributed by atoms with Gasteiger partial charge in [-0.2, -0.15) is 0 Å². The van der Waals surface area contributed by atoms with Gasteiger partial charge in [0.1, 0.15) is 5.82 Å². The second kappa shape index (κ2) is 4.18. The van der Waals surface area contributed by atoms with Crippen molar-refractivity contribution < 1.29 is 0 Å². The molecule has 5 heteroatoms. The van der Waals surface area contributed by atoms with E-state index in [1.807, 2.05) is 7.05 Å². The number of piperazine rings is 1. The lowest BCUT2D eigenvalue weighted by Gasteiger charge is -2.27. The molecule has 2 heterocycles. The molecule has 1 N–H and O–H groups in total. The highest BCUT2D eigenvalue weighted by Gasteiger charge is 2.18. The normalized spacial score (nSPS) is 17.5. The van der Waals surface area contributed by atoms with Crippen LogP contribution in [0.5, 0.6) is 0 Å². The van der Waals surface area contributed by atoms with Crippen LogP contribution in [-0.4, -0.2) is 40.9 Å². The van der Waals surface area contributed by atoms with Gasteiger partial charge in [0.05, 0.1) is 0 Å². The molecule has 0 amide bonds. The van der Waals surface area contributed by atoms with Gasteiger partial charge in [-0.25, -0.2) is 0 Å². The van der Waals surface area contributed by atoms with Crippen LogP contribution in [-0.2, 0) is 7.05 Å². The molecule has 0 atom stereocenters. The van der Waals surface area contributed by atoms with Gasteiger partial charge in [0, 0.05) is 39.1 Å². The lowest BCUT2D eigenvalue weighted by atomic mass is 10.2. The number of nitrogens with zero attached hydrogens (tertiary/aromatic N) is 4. The van der Waals surface area contributed by atoms with Gasteiger partial charge in [-0.1, -0.05) is 13.8 Å². The standard InChI is InChI=1S/C10H19N5/c1-8(2)9-12-13-10(14(9)3)15-6-4-11-5-7-15/h8,11H,4-7H2,1-3H3. The maximum atomic E-state index is 4.27. The molecule has 0 aromatic carbocycles. The predicted octanol–water partition coefficient (Wildman–Crippen LogP) is 0.348. The Morgan fingerprint density at radius 3 is 2.40 bits per heavy atom. The fraction of sp³-hybridized carbons (Fsp3) is 0.800. The van der Waals surface area contributed by atoms with E-state index in [0.717, 1.165) is 38.0 Å². The molecular weight excluding hydrogens is 190 g/mol. The SMILES string of the molecule is CC(C)c1nnc(N2CCNCC2)n1C. The molecule has 2 rings (SSSR count). The van der Waals surface area contributed by atoms with E-state index in [4.69, 9.17) is 0 Å². The molecule has 0 saturated carbocycles. The molecule has 0 aliphatic carbocycles. The van der Waals surface area contributed by atoms with E-state index in [1.165, 1.54) is 0 Å². The zero-order valence-electron chi connectivity index (χ0n) is 9.69. The second-order valence-corrected chi connectivity index (χ2v) is 4.31. The van der Waals surface area contributed by atoms with Crippen molar-refractivity contribution in [1.82, 2.24) is 20.1 Å². The Bertz CT molecular complexity index is 325. The van der Waals surface area contributed by atoms with E-state index < -0.39 is 0 Å². The number of anilines is 1. The molecule has 1 aliphatic heterocycles. The van der Waals surface area contributed by atoms with Crippen LogP contribution in [0.1, 0.15) is 25.6 Å². The summed E-state index contributed by atoms with van der Waals surface area (Å²) in [4.78, 5) is 2.29. The van der Waals surface area contributed by atoms with E-state index in [0.29, 0.717) is 5.92 Å². The van der Waals surface area contributed by atoms with Gasteiger partial charge in [-0.3, -0.25) is 0 Å². The third-order valence-electron chi connectivity index (χ3n) is 2.80. The molecule has 1 saturated heterocycles. The van der Waals surface area contributed by atoms with Crippen LogP contribution in [0.4, 0.5) is 5.95 Å². The molecule has 1 aromatic heterocycles. The fourth-order valence-electron chi connectivity index (χ4n) is 1.98. The predicted molar refractivity (Wildman–Crippen MR) is 60.2 cm³/mol. The van der Waals surface area contributed by atoms with Crippen LogP contribution in [0.15, 0.2) is 0 Å². The zero-order valence-corrected chi connectivity index (χ0v) is 9.69. The smallest absolute Gasteiger partial charge is 0.227 e. The summed E-state index contributed by atoms with van der Waals surface area (Å²) in [6.07, 6.45) is 0. The Hall–Kier alpha value is -1.10. The highest BCUT2D eigenvalue weighted by molar-refractivity contribution is 5.32. The largest absolute Gasteiger partial charge is 0.338 e. The van der Waals surface area contributed by atoms with Gasteiger partial charge in [0.2, 0.25) is 5.95 Å². The Balaban J connectivity index is 2.20. The van der Waals surface area contributed by atoms with Crippen LogP contribution >= 0.6 is 0 Å². The van der Waals surface area contributed by atoms with Crippen LogP contribution in [0, 0.1) is 0 Å². The van der Waals surface area contributed by atoms with Gasteiger partial charge in [-0.05, 0) is 0 Å². The third kappa shape index (κ3) is 1.97. The Kier molecular flexibility index (Phi) is 2.90. The van der Waals surface area contributed by atoms with E-state index >= 15 is 0 Å². The lowest BCUT2D eigenvalue weighted by molar-refractivity contribution is 0.571. The zero-order chi connectivity index (χ0) is 10.8. The molecule has 1 aliphatic rings. The molecule has 1 fully saturated rings. The molecule has 0 spiro atoms. The summed E-state index contributed by atoms with van der Waals surface area (Å²) in [5.41, 5.74) is 0. The fourth-order valence-corrected chi connectivity index (χ4v) is 1.98. The van der Waals surface area contributed by atoms with Crippen molar-refractivity contribution in [3.63, 3.8) is 0 Å². The van der Waals surface area contributed by atoms with Crippen molar-refractivity contribution >= 4 is 5.95 Å². The van der Waals surface area contributed by atoms with Crippen LogP contribution in [0.2, 0.25) is 0 Å². The summed E-state index contributed by atoms with van der Waals surface area (Å²) in [5.74, 6) is 2.49. The molecular formula is C10H19N5. The van der Waals surface area contributed by atoms with Crippen molar-refractivity contribution in [2.45, 2.75) is 19.8 Å². The monoisotopic (exact) mass is 209 g/mol. The Morgan fingerprint density at radius 1 is 1.20 bits per heavy atom. The van der Waals surface area contributed by atoms with Gasteiger partial charge >= 0.3 is 0 Å². The van der Waals surface area contributed by atoms with Gasteiger partial charge in [-0.15, -0.1) is 10.2 Å². The van der Waals surface area contributed by atoms with Crippen LogP contribution in [0.3, 0.4) is 0 Å². The molecule has 5 nitrogen and oxygen atoms in total. The number of hydrogen-bond acceptors (Lipinski definition) is 4. The first-order chi connectivity index (χ1) is 7.20. The highest BCUT2D eigenvalue weighted by Crippen LogP contribution is 2.17. The summed E-state index contributed by atoms with van der Waals surface area (Å²) in [6, 6.07) is 0. The summed E-state index contributed by atoms with van der Waals surface area (Å²) >= 11 is 0. The van der Waals surface area contributed by atoms with E-state index in [1.54, 1.807) is 0 Å². The first kappa shape index (κ1) is 10.4. The quantitative estimate of drug-likeness (QED) is 0.763. The van der Waals surface area contributed by atoms with Crippen molar-refractivity contribution in [3.8, 4) is 0 Å². The highest BCUT2D eigenvalue weighted by atomic mass is 15.4. The van der Waals surface area contributed by atoms with Gasteiger partial charge < -0.3 is 14.8 Å². The van der Waals surface area contributed by atoms with Crippen molar-refractivity contribution in [1.29, 1.82) is 0 Å². The second-order valence-electron chi connectivity index (χ2n) is 4.31. The van der Waals surface area contributed by atoms with Gasteiger partial charge in [0.15, 0.2) is 0 Å². The van der Waals surface area contributed by atoms with E-state index in [2.05, 4.69) is 38.8 Å². The number of nitrogens with one attached hydrogen (secondary N) is 1. The lowest BCUT2D eigenvalue weighted by Crippen LogP contribution is -2.44. The molecule has 0 radical (unpaired) electrons. The molecule has 0 unspecified atom stereocenters. The van der Waals surface area contributed by atoms with E-state index in [9.17, 15) is 0 Å². The number of rotatable bonds is 2. The number of aromatic nitrogens is 3. The first-order valence-electron chi connectivity index (χ1n) is 5.55. The average Bonchev–Trinajstić information content (AvgIpc) is 2.61. The third-order valence-corrected chi connectivity index (χ3v) is 2.80. The van der Waals surface area contributed by atoms with Crippen molar-refractivity contribution in [3.05, 3.63) is 5.82 Å². The summed E-state index contributed by atoms with van der Waals surface area (Å²) in [6.45, 7) is 8.39. The minimum absolute atomic E-state index is 0.430. The minimum Gasteiger partial charge on any atom is -0.338 e. The summed E-state index contributed by atoms with van der Waals surface area (Å²) < 4.78 is 2.11. The molecule has 15 heavy (non-hydrogen) atoms. The molecule has 84 valence electrons. The van der Waals surface area contributed by atoms with Gasteiger partial charge in [0.25, 0.3) is 0 Å². The number of hydrogen-bond donors (Lipinski definition) is 1. The first-order valence-corrected chi connectivity index (χ1v) is 5.55. The molecule has 1 aromatic rings. The Labute approximate surface area is 90.5 Å². The minimum atomic E-state index is 0.430. The maximum Gasteiger partial charge on any atom is 0.227 e. The van der Waals surface area contributed by atoms with E-state index in [-0.39, 0.29) is 0 Å². The average molecular weight is 209 g/mol. The van der Waals surface area contributed by atoms with Crippen LogP contribution < -0.4 is 10.2 Å². The van der Waals surface area contributed by atoms with Crippen LogP contribution in [0.25, 0.3) is 0 Å². The topological polar surface area (TPSA) is 46.0 Å². The van der Waals surface area contributed by atoms with Crippen molar-refractivity contribution in [2.75, 3.05) is 31.1 Å². The summed E-state index contributed by atoms with van der Waals surface area (Å²) in [5, 5.41) is 11.8. The van der Waals surface area contributed by atoms with Crippen molar-refractivity contribution in [2.24, 2.45) is 7.05 Å².